The Morgan fingerprint density at radius 2 is 1.58 bits per heavy atom. The molecule has 4 rings (SSSR count). The van der Waals surface area contributed by atoms with E-state index in [2.05, 4.69) is 14.9 Å². The van der Waals surface area contributed by atoms with Crippen LogP contribution in [0.1, 0.15) is 18.5 Å². The number of hydrogen-bond acceptors (Lipinski definition) is 8. The van der Waals surface area contributed by atoms with Gasteiger partial charge in [0.15, 0.2) is 11.5 Å². The third-order valence-corrected chi connectivity index (χ3v) is 8.32. The minimum absolute atomic E-state index is 0.00407. The highest BCUT2D eigenvalue weighted by Gasteiger charge is 2.30. The van der Waals surface area contributed by atoms with E-state index in [0.717, 1.165) is 12.8 Å². The second-order valence-corrected chi connectivity index (χ2v) is 11.0. The number of anilines is 1. The zero-order valence-corrected chi connectivity index (χ0v) is 20.0. The number of rotatable bonds is 7. The molecule has 33 heavy (non-hydrogen) atoms. The third kappa shape index (κ3) is 4.70. The van der Waals surface area contributed by atoms with Crippen LogP contribution >= 0.6 is 12.2 Å². The molecule has 1 N–H and O–H groups in total. The Balaban J connectivity index is 1.77. The summed E-state index contributed by atoms with van der Waals surface area (Å²) in [6.07, 6.45) is 1.84. The van der Waals surface area contributed by atoms with E-state index < -0.39 is 20.0 Å². The Labute approximate surface area is 197 Å². The summed E-state index contributed by atoms with van der Waals surface area (Å²) in [4.78, 5) is 1.99. The molecule has 0 unspecified atom stereocenters. The fourth-order valence-corrected chi connectivity index (χ4v) is 5.70. The molecule has 174 valence electrons. The van der Waals surface area contributed by atoms with Crippen molar-refractivity contribution in [2.45, 2.75) is 22.6 Å². The first kappa shape index (κ1) is 23.1. The number of methoxy groups -OCH3 is 1. The molecular formula is C20H21N5O5S3. The standard InChI is InChI=1S/C20H21N5O5S3/c1-30-15-9-11-17(12-10-15)33(28,29)25-21-18(20(31)24-13-5-6-14-24)19(22-25)23-32(26,27)16-7-3-2-4-8-16/h2-4,7-12H,5-6,13-14H2,1H3,(H,22,23). The second kappa shape index (κ2) is 9.08. The summed E-state index contributed by atoms with van der Waals surface area (Å²) in [7, 11) is -6.80. The lowest BCUT2D eigenvalue weighted by Crippen LogP contribution is -2.28. The van der Waals surface area contributed by atoms with E-state index in [1.807, 2.05) is 4.90 Å². The molecule has 10 nitrogen and oxygen atoms in total. The van der Waals surface area contributed by atoms with Crippen molar-refractivity contribution in [2.75, 3.05) is 24.9 Å². The van der Waals surface area contributed by atoms with E-state index in [9.17, 15) is 16.8 Å². The van der Waals surface area contributed by atoms with Gasteiger partial charge in [0.05, 0.1) is 16.9 Å². The van der Waals surface area contributed by atoms with Gasteiger partial charge in [0.2, 0.25) is 0 Å². The minimum atomic E-state index is -4.22. The van der Waals surface area contributed by atoms with Crippen molar-refractivity contribution in [3.05, 3.63) is 60.3 Å². The third-order valence-electron chi connectivity index (χ3n) is 5.05. The molecule has 13 heteroatoms. The van der Waals surface area contributed by atoms with Crippen LogP contribution in [0.5, 0.6) is 5.75 Å². The fourth-order valence-electron chi connectivity index (χ4n) is 3.31. The Hall–Kier alpha value is -3.03. The number of likely N-dealkylation sites (tertiary alicyclic amines) is 1. The summed E-state index contributed by atoms with van der Waals surface area (Å²) in [5.74, 6) is 0.224. The van der Waals surface area contributed by atoms with Gasteiger partial charge in [-0.15, -0.1) is 10.2 Å². The normalized spacial score (nSPS) is 14.3. The highest BCUT2D eigenvalue weighted by atomic mass is 32.2. The van der Waals surface area contributed by atoms with Gasteiger partial charge in [-0.2, -0.15) is 8.42 Å². The summed E-state index contributed by atoms with van der Waals surface area (Å²) < 4.78 is 60.0. The van der Waals surface area contributed by atoms with Crippen LogP contribution in [0, 0.1) is 0 Å². The molecule has 1 saturated heterocycles. The van der Waals surface area contributed by atoms with Crippen LogP contribution in [0.3, 0.4) is 0 Å². The van der Waals surface area contributed by atoms with Crippen molar-refractivity contribution in [1.82, 2.24) is 19.3 Å². The van der Waals surface area contributed by atoms with Gasteiger partial charge in [-0.05, 0) is 49.2 Å². The highest BCUT2D eigenvalue weighted by molar-refractivity contribution is 7.92. The second-order valence-electron chi connectivity index (χ2n) is 7.22. The Morgan fingerprint density at radius 1 is 0.939 bits per heavy atom. The lowest BCUT2D eigenvalue weighted by molar-refractivity contribution is 0.414. The van der Waals surface area contributed by atoms with Crippen LogP contribution in [0.15, 0.2) is 64.4 Å². The number of aromatic nitrogens is 3. The fraction of sp³-hybridized carbons (Fsp3) is 0.250. The molecule has 1 aromatic heterocycles. The first-order valence-electron chi connectivity index (χ1n) is 9.96. The molecule has 0 radical (unpaired) electrons. The Morgan fingerprint density at radius 3 is 2.18 bits per heavy atom. The van der Waals surface area contributed by atoms with Crippen molar-refractivity contribution in [1.29, 1.82) is 0 Å². The monoisotopic (exact) mass is 507 g/mol. The number of hydrogen-bond donors (Lipinski definition) is 1. The van der Waals surface area contributed by atoms with Crippen molar-refractivity contribution in [3.63, 3.8) is 0 Å². The van der Waals surface area contributed by atoms with E-state index in [0.29, 0.717) is 23.0 Å². The molecule has 0 aliphatic carbocycles. The average molecular weight is 508 g/mol. The first-order chi connectivity index (χ1) is 15.7. The predicted molar refractivity (Wildman–Crippen MR) is 125 cm³/mol. The maximum atomic E-state index is 13.1. The number of nitrogens with one attached hydrogen (secondary N) is 1. The lowest BCUT2D eigenvalue weighted by Gasteiger charge is -2.17. The van der Waals surface area contributed by atoms with Gasteiger partial charge in [0.25, 0.3) is 20.0 Å². The molecule has 2 heterocycles. The largest absolute Gasteiger partial charge is 0.497 e. The molecular weight excluding hydrogens is 486 g/mol. The number of nitrogens with zero attached hydrogens (tertiary/aromatic N) is 4. The molecule has 0 atom stereocenters. The maximum absolute atomic E-state index is 13.1. The van der Waals surface area contributed by atoms with Crippen LogP contribution in [0.2, 0.25) is 0 Å². The average Bonchev–Trinajstić information content (AvgIpc) is 3.50. The first-order valence-corrected chi connectivity index (χ1v) is 13.3. The van der Waals surface area contributed by atoms with Crippen molar-refractivity contribution in [3.8, 4) is 5.75 Å². The molecule has 1 fully saturated rings. The van der Waals surface area contributed by atoms with Gasteiger partial charge in [0, 0.05) is 13.1 Å². The highest BCUT2D eigenvalue weighted by Crippen LogP contribution is 2.24. The van der Waals surface area contributed by atoms with E-state index in [4.69, 9.17) is 17.0 Å². The van der Waals surface area contributed by atoms with Crippen molar-refractivity contribution >= 4 is 43.1 Å². The predicted octanol–water partition coefficient (Wildman–Crippen LogP) is 2.10. The maximum Gasteiger partial charge on any atom is 0.299 e. The number of thiocarbonyl (C=S) groups is 1. The van der Waals surface area contributed by atoms with Crippen LogP contribution in [-0.4, -0.2) is 61.3 Å². The van der Waals surface area contributed by atoms with Crippen LogP contribution < -0.4 is 9.46 Å². The van der Waals surface area contributed by atoms with Gasteiger partial charge in [-0.25, -0.2) is 8.42 Å². The van der Waals surface area contributed by atoms with Gasteiger partial charge in [-0.1, -0.05) is 34.6 Å². The van der Waals surface area contributed by atoms with E-state index in [-0.39, 0.29) is 26.3 Å². The molecule has 3 aromatic rings. The van der Waals surface area contributed by atoms with E-state index >= 15 is 0 Å². The Bertz CT molecular complexity index is 1370. The topological polar surface area (TPSA) is 123 Å². The quantitative estimate of drug-likeness (QED) is 0.479. The number of benzene rings is 2. The van der Waals surface area contributed by atoms with Crippen LogP contribution in [0.4, 0.5) is 5.82 Å². The van der Waals surface area contributed by atoms with E-state index in [1.54, 1.807) is 18.2 Å². The number of ether oxygens (including phenoxy) is 1. The number of sulfonamides is 1. The Kier molecular flexibility index (Phi) is 6.36. The minimum Gasteiger partial charge on any atom is -0.497 e. The van der Waals surface area contributed by atoms with Crippen LogP contribution in [0.25, 0.3) is 0 Å². The molecule has 2 aromatic carbocycles. The molecule has 1 aliphatic rings. The molecule has 0 saturated carbocycles. The zero-order valence-electron chi connectivity index (χ0n) is 17.6. The summed E-state index contributed by atoms with van der Waals surface area (Å²) in [5.41, 5.74) is -0.0245. The van der Waals surface area contributed by atoms with Gasteiger partial charge >= 0.3 is 0 Å². The smallest absolute Gasteiger partial charge is 0.299 e. The zero-order chi connectivity index (χ0) is 23.6. The molecule has 1 aliphatic heterocycles. The van der Waals surface area contributed by atoms with Crippen molar-refractivity contribution in [2.24, 2.45) is 0 Å². The summed E-state index contributed by atoms with van der Waals surface area (Å²) >= 11 is 5.52. The summed E-state index contributed by atoms with van der Waals surface area (Å²) in [5, 5.41) is 8.09. The summed E-state index contributed by atoms with van der Waals surface area (Å²) in [6.45, 7) is 1.34. The van der Waals surface area contributed by atoms with Crippen molar-refractivity contribution < 1.29 is 21.6 Å². The summed E-state index contributed by atoms with van der Waals surface area (Å²) in [6, 6.07) is 13.4. The molecule has 0 amide bonds. The lowest BCUT2D eigenvalue weighted by atomic mass is 10.3. The molecule has 0 spiro atoms. The molecule has 0 bridgehead atoms. The SMILES string of the molecule is COc1ccc(S(=O)(=O)n2nc(NS(=O)(=O)c3ccccc3)c(C(=S)N3CCCC3)n2)cc1. The van der Waals surface area contributed by atoms with Gasteiger partial charge in [-0.3, -0.25) is 4.72 Å². The van der Waals surface area contributed by atoms with Gasteiger partial charge in [0.1, 0.15) is 10.7 Å². The van der Waals surface area contributed by atoms with E-state index in [1.165, 1.54) is 43.5 Å². The van der Waals surface area contributed by atoms with Gasteiger partial charge < -0.3 is 9.64 Å². The van der Waals surface area contributed by atoms with Crippen LogP contribution in [-0.2, 0) is 20.0 Å².